The Kier molecular flexibility index (Phi) is 2.73. The monoisotopic (exact) mass is 261 g/mol. The molecule has 1 heteroatoms. The Bertz CT molecular complexity index is 667. The topological polar surface area (TPSA) is 23.9 Å². The van der Waals surface area contributed by atoms with Crippen LogP contribution in [0, 0.1) is 11.3 Å². The Hall–Kier alpha value is -1.89. The molecule has 0 unspecified atom stereocenters. The van der Waals surface area contributed by atoms with Gasteiger partial charge in [0.15, 0.2) is 0 Å². The van der Waals surface area contributed by atoms with E-state index in [1.54, 1.807) is 0 Å². The van der Waals surface area contributed by atoms with Crippen LogP contribution in [0.25, 0.3) is 11.6 Å². The minimum Gasteiger partial charge on any atom is -0.300 e. The fourth-order valence-corrected chi connectivity index (χ4v) is 3.80. The number of hydrogen-bond acceptors (Lipinski definition) is 1. The minimum absolute atomic E-state index is 0.610. The number of benzene rings is 1. The van der Waals surface area contributed by atoms with E-state index in [-0.39, 0.29) is 0 Å². The highest BCUT2D eigenvalue weighted by molar-refractivity contribution is 6.27. The Morgan fingerprint density at radius 2 is 1.70 bits per heavy atom. The number of nitrogens with one attached hydrogen (secondary N) is 1. The summed E-state index contributed by atoms with van der Waals surface area (Å²) < 4.78 is 0. The van der Waals surface area contributed by atoms with Gasteiger partial charge in [-0.25, -0.2) is 0 Å². The first-order chi connectivity index (χ1) is 9.84. The van der Waals surface area contributed by atoms with E-state index in [4.69, 9.17) is 5.41 Å². The van der Waals surface area contributed by atoms with Crippen LogP contribution in [0.2, 0.25) is 0 Å². The summed E-state index contributed by atoms with van der Waals surface area (Å²) in [5.74, 6) is 0.610. The van der Waals surface area contributed by atoms with E-state index in [9.17, 15) is 0 Å². The van der Waals surface area contributed by atoms with E-state index in [2.05, 4.69) is 42.5 Å². The van der Waals surface area contributed by atoms with Crippen LogP contribution in [0.3, 0.4) is 0 Å². The van der Waals surface area contributed by atoms with Gasteiger partial charge >= 0.3 is 0 Å². The van der Waals surface area contributed by atoms with E-state index in [0.717, 1.165) is 11.3 Å². The van der Waals surface area contributed by atoms with Crippen LogP contribution >= 0.6 is 0 Å². The van der Waals surface area contributed by atoms with Gasteiger partial charge in [0.05, 0.1) is 5.71 Å². The molecule has 1 saturated carbocycles. The summed E-state index contributed by atoms with van der Waals surface area (Å²) >= 11 is 0. The molecule has 1 fully saturated rings. The molecule has 1 aromatic rings. The van der Waals surface area contributed by atoms with Crippen molar-refractivity contribution in [3.8, 4) is 0 Å². The van der Waals surface area contributed by atoms with Crippen molar-refractivity contribution in [2.24, 2.45) is 5.92 Å². The molecule has 100 valence electrons. The normalized spacial score (nSPS) is 21.8. The quantitative estimate of drug-likeness (QED) is 0.735. The lowest BCUT2D eigenvalue weighted by atomic mass is 9.77. The molecular formula is C19H19N. The van der Waals surface area contributed by atoms with Crippen molar-refractivity contribution in [2.45, 2.75) is 32.1 Å². The van der Waals surface area contributed by atoms with Crippen molar-refractivity contribution < 1.29 is 0 Å². The predicted molar refractivity (Wildman–Crippen MR) is 84.8 cm³/mol. The van der Waals surface area contributed by atoms with Crippen LogP contribution in [0.1, 0.15) is 43.2 Å². The second-order valence-corrected chi connectivity index (χ2v) is 6.06. The van der Waals surface area contributed by atoms with E-state index in [1.807, 2.05) is 0 Å². The number of rotatable bonds is 1. The summed E-state index contributed by atoms with van der Waals surface area (Å²) in [5, 5.41) is 8.61. The smallest absolute Gasteiger partial charge is 0.0653 e. The van der Waals surface area contributed by atoms with Crippen molar-refractivity contribution in [1.82, 2.24) is 0 Å². The first-order valence-corrected chi connectivity index (χ1v) is 7.67. The summed E-state index contributed by atoms with van der Waals surface area (Å²) in [6.45, 7) is 0. The van der Waals surface area contributed by atoms with Gasteiger partial charge in [0, 0.05) is 5.57 Å². The molecule has 0 amide bonds. The third-order valence-electron chi connectivity index (χ3n) is 4.87. The van der Waals surface area contributed by atoms with Gasteiger partial charge in [-0.1, -0.05) is 55.7 Å². The van der Waals surface area contributed by atoms with Crippen LogP contribution in [0.4, 0.5) is 0 Å². The van der Waals surface area contributed by atoms with Crippen molar-refractivity contribution in [2.75, 3.05) is 0 Å². The van der Waals surface area contributed by atoms with E-state index in [0.29, 0.717) is 5.92 Å². The maximum absolute atomic E-state index is 8.61. The summed E-state index contributed by atoms with van der Waals surface area (Å²) in [7, 11) is 0. The Morgan fingerprint density at radius 3 is 2.55 bits per heavy atom. The van der Waals surface area contributed by atoms with Crippen molar-refractivity contribution in [3.63, 3.8) is 0 Å². The second kappa shape index (κ2) is 4.59. The summed E-state index contributed by atoms with van der Waals surface area (Å²) in [5.41, 5.74) is 6.96. The molecule has 1 aromatic carbocycles. The van der Waals surface area contributed by atoms with Crippen LogP contribution in [-0.4, -0.2) is 5.71 Å². The Morgan fingerprint density at radius 1 is 0.900 bits per heavy atom. The van der Waals surface area contributed by atoms with Crippen molar-refractivity contribution in [3.05, 3.63) is 58.7 Å². The number of hydrogen-bond donors (Lipinski definition) is 1. The first-order valence-electron chi connectivity index (χ1n) is 7.67. The summed E-state index contributed by atoms with van der Waals surface area (Å²) in [6, 6.07) is 8.47. The van der Waals surface area contributed by atoms with E-state index >= 15 is 0 Å². The van der Waals surface area contributed by atoms with Gasteiger partial charge in [-0.15, -0.1) is 0 Å². The second-order valence-electron chi connectivity index (χ2n) is 6.06. The number of fused-ring (bicyclic) bond motifs is 3. The molecule has 0 atom stereocenters. The van der Waals surface area contributed by atoms with Crippen LogP contribution in [0.5, 0.6) is 0 Å². The minimum atomic E-state index is 0.610. The van der Waals surface area contributed by atoms with Gasteiger partial charge in [0.2, 0.25) is 0 Å². The third-order valence-corrected chi connectivity index (χ3v) is 4.87. The van der Waals surface area contributed by atoms with Gasteiger partial charge < -0.3 is 0 Å². The molecule has 3 aliphatic carbocycles. The molecule has 1 nitrogen and oxygen atoms in total. The zero-order chi connectivity index (χ0) is 13.5. The molecule has 20 heavy (non-hydrogen) atoms. The maximum atomic E-state index is 8.61. The Balaban J connectivity index is 1.74. The average molecular weight is 261 g/mol. The highest BCUT2D eigenvalue weighted by Gasteiger charge is 2.29. The molecule has 0 aromatic heterocycles. The van der Waals surface area contributed by atoms with Crippen molar-refractivity contribution >= 4 is 17.4 Å². The molecule has 0 radical (unpaired) electrons. The molecule has 0 bridgehead atoms. The standard InChI is InChI=1S/C19H19N/c20-19-16(13-6-2-1-3-7-13)10-11-17-15-9-5-4-8-14(15)12-18(17)19/h4-5,8-13,20H,1-3,6-7H2. The van der Waals surface area contributed by atoms with Crippen LogP contribution < -0.4 is 0 Å². The zero-order valence-corrected chi connectivity index (χ0v) is 11.7. The zero-order valence-electron chi connectivity index (χ0n) is 11.7. The molecule has 0 heterocycles. The molecule has 0 aliphatic heterocycles. The molecule has 4 rings (SSSR count). The summed E-state index contributed by atoms with van der Waals surface area (Å²) in [4.78, 5) is 0. The lowest BCUT2D eigenvalue weighted by Gasteiger charge is -2.27. The van der Waals surface area contributed by atoms with Crippen molar-refractivity contribution in [1.29, 1.82) is 5.41 Å². The van der Waals surface area contributed by atoms with Gasteiger partial charge in [0.1, 0.15) is 0 Å². The summed E-state index contributed by atoms with van der Waals surface area (Å²) in [6.07, 6.45) is 13.2. The SMILES string of the molecule is N=C1C2=Cc3ccccc3C2=CC=C1C1CCCCC1. The highest BCUT2D eigenvalue weighted by atomic mass is 14.5. The molecular weight excluding hydrogens is 242 g/mol. The van der Waals surface area contributed by atoms with Crippen LogP contribution in [-0.2, 0) is 0 Å². The molecule has 1 N–H and O–H groups in total. The fourth-order valence-electron chi connectivity index (χ4n) is 3.80. The lowest BCUT2D eigenvalue weighted by molar-refractivity contribution is 0.411. The third kappa shape index (κ3) is 1.73. The highest BCUT2D eigenvalue weighted by Crippen LogP contribution is 2.42. The molecule has 3 aliphatic rings. The van der Waals surface area contributed by atoms with Gasteiger partial charge in [-0.3, -0.25) is 5.41 Å². The Labute approximate surface area is 120 Å². The lowest BCUT2D eigenvalue weighted by Crippen LogP contribution is -2.19. The molecule has 0 saturated heterocycles. The van der Waals surface area contributed by atoms with E-state index < -0.39 is 0 Å². The van der Waals surface area contributed by atoms with E-state index in [1.165, 1.54) is 54.4 Å². The average Bonchev–Trinajstić information content (AvgIpc) is 2.88. The molecule has 0 spiro atoms. The van der Waals surface area contributed by atoms with Gasteiger partial charge in [-0.05, 0) is 47.1 Å². The predicted octanol–water partition coefficient (Wildman–Crippen LogP) is 5.01. The number of allylic oxidation sites excluding steroid dienone is 5. The fraction of sp³-hybridized carbons (Fsp3) is 0.316. The maximum Gasteiger partial charge on any atom is 0.0653 e. The van der Waals surface area contributed by atoms with Crippen LogP contribution in [0.15, 0.2) is 47.6 Å². The largest absolute Gasteiger partial charge is 0.300 e. The van der Waals surface area contributed by atoms with Gasteiger partial charge in [0.25, 0.3) is 0 Å². The van der Waals surface area contributed by atoms with Gasteiger partial charge in [-0.2, -0.15) is 0 Å². The first kappa shape index (κ1) is 11.9.